The van der Waals surface area contributed by atoms with Crippen molar-refractivity contribution in [2.75, 3.05) is 62.8 Å². The number of pyridine rings is 1. The number of ether oxygens (including phenoxy) is 1. The highest BCUT2D eigenvalue weighted by atomic mass is 32.2. The van der Waals surface area contributed by atoms with Gasteiger partial charge in [-0.3, -0.25) is 14.4 Å². The molecule has 3 aliphatic heterocycles. The quantitative estimate of drug-likeness (QED) is 0.0793. The molecule has 5 heterocycles. The number of carbonyl (C=O) groups is 4. The summed E-state index contributed by atoms with van der Waals surface area (Å²) in [6, 6.07) is -0.0865. The summed E-state index contributed by atoms with van der Waals surface area (Å²) in [6.07, 6.45) is 2.64. The first-order valence-corrected chi connectivity index (χ1v) is 20.1. The zero-order valence-electron chi connectivity index (χ0n) is 32.6. The second-order valence-corrected chi connectivity index (χ2v) is 18.0. The molecule has 2 aromatic heterocycles. The van der Waals surface area contributed by atoms with Crippen LogP contribution in [0, 0.1) is 11.6 Å². The fourth-order valence-electron chi connectivity index (χ4n) is 6.86. The monoisotopic (exact) mass is 849 g/mol. The van der Waals surface area contributed by atoms with E-state index in [0.717, 1.165) is 33.7 Å². The third kappa shape index (κ3) is 8.51. The predicted molar refractivity (Wildman–Crippen MR) is 211 cm³/mol. The number of nitrogens with zero attached hydrogens (tertiary/aromatic N) is 6. The van der Waals surface area contributed by atoms with Crippen molar-refractivity contribution in [3.05, 3.63) is 62.5 Å². The van der Waals surface area contributed by atoms with Gasteiger partial charge in [-0.05, 0) is 40.7 Å². The minimum atomic E-state index is -1.59. The first-order valence-electron chi connectivity index (χ1n) is 18.2. The van der Waals surface area contributed by atoms with Gasteiger partial charge in [-0.15, -0.1) is 23.1 Å². The number of piperazine rings is 1. The normalized spacial score (nSPS) is 19.6. The number of likely N-dealkylation sites (N-methyl/N-ethyl adjacent to an activating group) is 1. The van der Waals surface area contributed by atoms with E-state index >= 15 is 8.78 Å². The maximum Gasteiger partial charge on any atom is 0.353 e. The van der Waals surface area contributed by atoms with Crippen LogP contribution in [0.3, 0.4) is 0 Å². The maximum absolute atomic E-state index is 16.1. The molecule has 312 valence electrons. The second kappa shape index (κ2) is 15.9. The number of anilines is 2. The number of benzene rings is 1. The van der Waals surface area contributed by atoms with Crippen molar-refractivity contribution in [1.29, 1.82) is 0 Å². The molecular formula is C37H44F3N8O8S2+. The number of carbonyl (C=O) groups excluding carboxylic acids is 3. The summed E-state index contributed by atoms with van der Waals surface area (Å²) < 4.78 is 51.9. The van der Waals surface area contributed by atoms with E-state index < -0.39 is 81.7 Å². The molecule has 0 aliphatic carbocycles. The number of β-lactam (4-membered cyclic amide) rings is 1. The number of nitrogens with one attached hydrogen (secondary N) is 1. The van der Waals surface area contributed by atoms with E-state index in [2.05, 4.69) is 15.5 Å². The zero-order valence-corrected chi connectivity index (χ0v) is 34.3. The largest absolute Gasteiger partial charge is 0.477 e. The van der Waals surface area contributed by atoms with Gasteiger partial charge in [-0.25, -0.2) is 27.7 Å². The first kappa shape index (κ1) is 42.5. The fraction of sp³-hybridized carbons (Fsp3) is 0.486. The number of halogens is 3. The number of aromatic carboxylic acids is 1. The van der Waals surface area contributed by atoms with Gasteiger partial charge in [0.2, 0.25) is 11.0 Å². The SMILES string of the molecule is CC(C)(C)OC(=O)C(C)(C)O/N=C(\C(=O)N[C@H]1C(=O)N2C=C(C[N+]3(C)CCN(c4c(F)cc5c(=O)c(C(=O)O)cn(CCF)c5c4F)CC3)CS[C@@H]12)c1csc(N)n1. The van der Waals surface area contributed by atoms with Crippen LogP contribution in [0.2, 0.25) is 0 Å². The van der Waals surface area contributed by atoms with Crippen LogP contribution in [0.25, 0.3) is 10.9 Å². The number of quaternary nitrogens is 1. The molecule has 6 rings (SSSR count). The Hall–Kier alpha value is -5.15. The minimum absolute atomic E-state index is 0.0941. The number of aryl methyl sites for hydroxylation is 1. The van der Waals surface area contributed by atoms with Gasteiger partial charge in [0.15, 0.2) is 16.7 Å². The number of esters is 1. The third-order valence-electron chi connectivity index (χ3n) is 9.87. The smallest absolute Gasteiger partial charge is 0.353 e. The Morgan fingerprint density at radius 2 is 1.84 bits per heavy atom. The number of hydrogen-bond donors (Lipinski definition) is 3. The summed E-state index contributed by atoms with van der Waals surface area (Å²) >= 11 is 2.53. The number of nitrogens with two attached hydrogens (primary N) is 1. The molecule has 0 unspecified atom stereocenters. The van der Waals surface area contributed by atoms with Crippen molar-refractivity contribution < 1.29 is 51.5 Å². The molecule has 58 heavy (non-hydrogen) atoms. The van der Waals surface area contributed by atoms with Crippen LogP contribution in [0.15, 0.2) is 39.4 Å². The summed E-state index contributed by atoms with van der Waals surface area (Å²) in [5.41, 5.74) is 1.67. The zero-order chi connectivity index (χ0) is 42.5. The summed E-state index contributed by atoms with van der Waals surface area (Å²) in [5, 5.41) is 16.9. The molecule has 21 heteroatoms. The van der Waals surface area contributed by atoms with Crippen LogP contribution in [0.4, 0.5) is 24.0 Å². The molecule has 0 bridgehead atoms. The average Bonchev–Trinajstić information content (AvgIpc) is 3.57. The molecule has 2 atom stereocenters. The van der Waals surface area contributed by atoms with Crippen LogP contribution in [-0.4, -0.2) is 128 Å². The first-order chi connectivity index (χ1) is 27.1. The Labute approximate surface area is 339 Å². The average molecular weight is 850 g/mol. The van der Waals surface area contributed by atoms with Gasteiger partial charge in [-0.2, -0.15) is 0 Å². The predicted octanol–water partition coefficient (Wildman–Crippen LogP) is 3.08. The number of alkyl halides is 1. The number of thioether (sulfide) groups is 1. The van der Waals surface area contributed by atoms with Crippen LogP contribution in [-0.2, 0) is 30.5 Å². The van der Waals surface area contributed by atoms with Crippen molar-refractivity contribution in [3.8, 4) is 0 Å². The summed E-state index contributed by atoms with van der Waals surface area (Å²) in [7, 11) is 1.99. The van der Waals surface area contributed by atoms with Gasteiger partial charge < -0.3 is 44.6 Å². The number of rotatable bonds is 12. The number of thiazole rings is 1. The number of nitrogen functional groups attached to an aromatic ring is 1. The van der Waals surface area contributed by atoms with Crippen molar-refractivity contribution >= 4 is 74.3 Å². The van der Waals surface area contributed by atoms with Crippen molar-refractivity contribution in [2.24, 2.45) is 5.16 Å². The second-order valence-electron chi connectivity index (χ2n) is 16.0. The number of amides is 2. The third-order valence-corrected chi connectivity index (χ3v) is 11.9. The van der Waals surface area contributed by atoms with Gasteiger partial charge in [0.1, 0.15) is 53.0 Å². The van der Waals surface area contributed by atoms with Crippen LogP contribution >= 0.6 is 23.1 Å². The fourth-order valence-corrected chi connectivity index (χ4v) is 8.66. The minimum Gasteiger partial charge on any atom is -0.477 e. The highest BCUT2D eigenvalue weighted by Gasteiger charge is 2.50. The molecule has 3 aromatic rings. The molecule has 2 fully saturated rings. The lowest BCUT2D eigenvalue weighted by molar-refractivity contribution is -0.905. The lowest BCUT2D eigenvalue weighted by Crippen LogP contribution is -2.69. The van der Waals surface area contributed by atoms with E-state index in [1.54, 1.807) is 31.9 Å². The number of carboxylic acids is 1. The van der Waals surface area contributed by atoms with Crippen LogP contribution < -0.4 is 21.4 Å². The number of fused-ring (bicyclic) bond motifs is 2. The van der Waals surface area contributed by atoms with E-state index in [1.165, 1.54) is 35.9 Å². The molecule has 4 N–H and O–H groups in total. The van der Waals surface area contributed by atoms with E-state index in [0.29, 0.717) is 29.9 Å². The Bertz CT molecular complexity index is 2300. The standard InChI is InChI=1S/C37H43F3N8O8S2/c1-36(2,3)55-34(54)37(4,5)56-44-25(23-18-58-35(41)42-23)30(50)43-26-31(51)47-14-19(17-57-32(26)47)16-48(6)11-9-45(10-12-48)28-22(39)13-20-27(24(28)40)46(8-7-38)15-21(29(20)49)33(52)53/h13-15,18,26,32H,7-12,16-17H2,1-6H3,(H3-,41,42,43,50,52,53)/p+1/b44-25-/t26-,32-/m0/s1. The molecule has 2 amide bonds. The molecule has 0 radical (unpaired) electrons. The van der Waals surface area contributed by atoms with Gasteiger partial charge >= 0.3 is 11.9 Å². The van der Waals surface area contributed by atoms with Gasteiger partial charge in [-0.1, -0.05) is 5.16 Å². The Balaban J connectivity index is 1.11. The van der Waals surface area contributed by atoms with Gasteiger partial charge in [0.05, 0.1) is 50.7 Å². The van der Waals surface area contributed by atoms with Crippen molar-refractivity contribution in [3.63, 3.8) is 0 Å². The van der Waals surface area contributed by atoms with E-state index in [4.69, 9.17) is 15.3 Å². The number of oxime groups is 1. The molecule has 0 saturated carbocycles. The van der Waals surface area contributed by atoms with Crippen molar-refractivity contribution in [2.45, 2.75) is 63.8 Å². The highest BCUT2D eigenvalue weighted by molar-refractivity contribution is 8.00. The Morgan fingerprint density at radius 1 is 1.16 bits per heavy atom. The molecule has 1 aromatic carbocycles. The highest BCUT2D eigenvalue weighted by Crippen LogP contribution is 2.38. The van der Waals surface area contributed by atoms with E-state index in [-0.39, 0.29) is 46.7 Å². The molecular weight excluding hydrogens is 806 g/mol. The molecule has 3 aliphatic rings. The van der Waals surface area contributed by atoms with E-state index in [9.17, 15) is 33.5 Å². The number of hydrogen-bond acceptors (Lipinski definition) is 13. The maximum atomic E-state index is 16.1. The molecule has 0 spiro atoms. The lowest BCUT2D eigenvalue weighted by atomic mass is 10.1. The Kier molecular flexibility index (Phi) is 11.6. The number of carboxylic acid groups (broad SMARTS) is 1. The van der Waals surface area contributed by atoms with Crippen molar-refractivity contribution in [1.82, 2.24) is 19.8 Å². The lowest BCUT2D eigenvalue weighted by Gasteiger charge is -2.48. The summed E-state index contributed by atoms with van der Waals surface area (Å²) in [6.45, 7) is 8.48. The Morgan fingerprint density at radius 3 is 2.45 bits per heavy atom. The van der Waals surface area contributed by atoms with E-state index in [1.807, 2.05) is 7.05 Å². The molecule has 16 nitrogen and oxygen atoms in total. The summed E-state index contributed by atoms with van der Waals surface area (Å²) in [5.74, 6) is -4.98. The molecule has 2 saturated heterocycles. The summed E-state index contributed by atoms with van der Waals surface area (Å²) in [4.78, 5) is 76.8. The van der Waals surface area contributed by atoms with Crippen LogP contribution in [0.5, 0.6) is 0 Å². The topological polar surface area (TPSA) is 199 Å². The van der Waals surface area contributed by atoms with Gasteiger partial charge in [0, 0.05) is 29.1 Å². The van der Waals surface area contributed by atoms with Gasteiger partial charge in [0.25, 0.3) is 11.8 Å². The van der Waals surface area contributed by atoms with Crippen LogP contribution in [0.1, 0.15) is 50.7 Å². The number of aromatic nitrogens is 2.